The van der Waals surface area contributed by atoms with Gasteiger partial charge in [0.2, 0.25) is 6.04 Å². The molecule has 0 unspecified atom stereocenters. The molecule has 5 heteroatoms. The molecule has 0 rings (SSSR count). The Hall–Kier alpha value is -1.10. The van der Waals surface area contributed by atoms with Gasteiger partial charge in [-0.25, -0.2) is 9.59 Å². The second kappa shape index (κ2) is 8.91. The number of hydrogen-bond donors (Lipinski definition) is 1. The van der Waals surface area contributed by atoms with E-state index in [9.17, 15) is 9.59 Å². The Bertz CT molecular complexity index is 238. The molecule has 0 spiro atoms. The van der Waals surface area contributed by atoms with Gasteiger partial charge in [0.05, 0.1) is 13.2 Å². The Labute approximate surface area is 109 Å². The van der Waals surface area contributed by atoms with E-state index in [4.69, 9.17) is 15.2 Å². The van der Waals surface area contributed by atoms with Crippen molar-refractivity contribution in [3.8, 4) is 0 Å². The molecule has 0 amide bonds. The maximum absolute atomic E-state index is 11.4. The van der Waals surface area contributed by atoms with Crippen molar-refractivity contribution in [3.63, 3.8) is 0 Å². The number of esters is 2. The molecule has 0 saturated heterocycles. The van der Waals surface area contributed by atoms with Crippen LogP contribution in [0.2, 0.25) is 0 Å². The third-order valence-electron chi connectivity index (χ3n) is 2.39. The maximum atomic E-state index is 11.4. The molecule has 106 valence electrons. The van der Waals surface area contributed by atoms with Gasteiger partial charge in [0.1, 0.15) is 0 Å². The molecule has 0 aliphatic rings. The fourth-order valence-electron chi connectivity index (χ4n) is 1.07. The first-order valence-electron chi connectivity index (χ1n) is 6.43. The highest BCUT2D eigenvalue weighted by Crippen LogP contribution is 2.02. The first-order chi connectivity index (χ1) is 8.34. The van der Waals surface area contributed by atoms with Crippen molar-refractivity contribution in [2.75, 3.05) is 13.2 Å². The molecule has 2 N–H and O–H groups in total. The quantitative estimate of drug-likeness (QED) is 0.528. The van der Waals surface area contributed by atoms with Crippen LogP contribution in [0.1, 0.15) is 40.5 Å². The molecule has 0 fully saturated rings. The molecule has 0 bridgehead atoms. The Kier molecular flexibility index (Phi) is 8.37. The molecule has 0 atom stereocenters. The van der Waals surface area contributed by atoms with Gasteiger partial charge in [-0.1, -0.05) is 27.7 Å². The summed E-state index contributed by atoms with van der Waals surface area (Å²) in [5.41, 5.74) is 5.45. The summed E-state index contributed by atoms with van der Waals surface area (Å²) in [6, 6.07) is -1.33. The van der Waals surface area contributed by atoms with E-state index in [0.717, 1.165) is 12.8 Å². The molecule has 18 heavy (non-hydrogen) atoms. The Morgan fingerprint density at radius 3 is 1.50 bits per heavy atom. The largest absolute Gasteiger partial charge is 0.464 e. The van der Waals surface area contributed by atoms with Crippen molar-refractivity contribution in [2.45, 2.75) is 46.6 Å². The van der Waals surface area contributed by atoms with Gasteiger partial charge in [-0.2, -0.15) is 0 Å². The van der Waals surface area contributed by atoms with Gasteiger partial charge in [-0.05, 0) is 24.7 Å². The standard InChI is InChI=1S/C13H25NO4/c1-9(2)5-7-17-12(15)11(14)13(16)18-8-6-10(3)4/h9-11H,5-8,14H2,1-4H3. The van der Waals surface area contributed by atoms with Gasteiger partial charge in [0.15, 0.2) is 0 Å². The third-order valence-corrected chi connectivity index (χ3v) is 2.39. The number of nitrogens with two attached hydrogens (primary N) is 1. The van der Waals surface area contributed by atoms with Crippen LogP contribution in [0.15, 0.2) is 0 Å². The highest BCUT2D eigenvalue weighted by Gasteiger charge is 2.25. The minimum atomic E-state index is -1.33. The van der Waals surface area contributed by atoms with E-state index < -0.39 is 18.0 Å². The lowest BCUT2D eigenvalue weighted by molar-refractivity contribution is -0.157. The fourth-order valence-corrected chi connectivity index (χ4v) is 1.07. The van der Waals surface area contributed by atoms with E-state index >= 15 is 0 Å². The summed E-state index contributed by atoms with van der Waals surface area (Å²) in [7, 11) is 0. The monoisotopic (exact) mass is 259 g/mol. The van der Waals surface area contributed by atoms with Crippen LogP contribution in [0.4, 0.5) is 0 Å². The van der Waals surface area contributed by atoms with E-state index in [1.54, 1.807) is 0 Å². The molecule has 0 radical (unpaired) electrons. The lowest BCUT2D eigenvalue weighted by Gasteiger charge is -2.12. The Morgan fingerprint density at radius 1 is 0.889 bits per heavy atom. The summed E-state index contributed by atoms with van der Waals surface area (Å²) in [5.74, 6) is -0.561. The molecule has 0 aliphatic carbocycles. The van der Waals surface area contributed by atoms with Crippen molar-refractivity contribution in [1.29, 1.82) is 0 Å². The Balaban J connectivity index is 3.86. The normalized spacial score (nSPS) is 11.1. The van der Waals surface area contributed by atoms with Crippen LogP contribution in [0.3, 0.4) is 0 Å². The van der Waals surface area contributed by atoms with E-state index in [0.29, 0.717) is 11.8 Å². The molecule has 0 aromatic rings. The van der Waals surface area contributed by atoms with Gasteiger partial charge >= 0.3 is 11.9 Å². The minimum absolute atomic E-state index is 0.281. The van der Waals surface area contributed by atoms with Gasteiger partial charge in [0, 0.05) is 0 Å². The number of hydrogen-bond acceptors (Lipinski definition) is 5. The van der Waals surface area contributed by atoms with Crippen LogP contribution in [0, 0.1) is 11.8 Å². The van der Waals surface area contributed by atoms with Crippen molar-refractivity contribution in [3.05, 3.63) is 0 Å². The fraction of sp³-hybridized carbons (Fsp3) is 0.846. The van der Waals surface area contributed by atoms with Crippen LogP contribution in [-0.4, -0.2) is 31.2 Å². The van der Waals surface area contributed by atoms with Crippen molar-refractivity contribution in [2.24, 2.45) is 17.6 Å². The smallest absolute Gasteiger partial charge is 0.334 e. The summed E-state index contributed by atoms with van der Waals surface area (Å²) >= 11 is 0. The molecule has 0 aliphatic heterocycles. The van der Waals surface area contributed by atoms with Crippen LogP contribution in [0.25, 0.3) is 0 Å². The third kappa shape index (κ3) is 8.06. The van der Waals surface area contributed by atoms with Crippen LogP contribution in [-0.2, 0) is 19.1 Å². The second-order valence-corrected chi connectivity index (χ2v) is 5.18. The van der Waals surface area contributed by atoms with Gasteiger partial charge in [-0.15, -0.1) is 0 Å². The molecular formula is C13H25NO4. The SMILES string of the molecule is CC(C)CCOC(=O)C(N)C(=O)OCCC(C)C. The molecule has 5 nitrogen and oxygen atoms in total. The first-order valence-corrected chi connectivity index (χ1v) is 6.43. The summed E-state index contributed by atoms with van der Waals surface area (Å²) in [5, 5.41) is 0. The van der Waals surface area contributed by atoms with Crippen LogP contribution >= 0.6 is 0 Å². The average Bonchev–Trinajstić information content (AvgIpc) is 2.26. The molecule has 0 aromatic carbocycles. The topological polar surface area (TPSA) is 78.6 Å². The lowest BCUT2D eigenvalue weighted by Crippen LogP contribution is -2.41. The maximum Gasteiger partial charge on any atom is 0.334 e. The first kappa shape index (κ1) is 16.9. The zero-order valence-electron chi connectivity index (χ0n) is 11.8. The molecule has 0 aromatic heterocycles. The van der Waals surface area contributed by atoms with E-state index in [1.165, 1.54) is 0 Å². The second-order valence-electron chi connectivity index (χ2n) is 5.18. The minimum Gasteiger partial charge on any atom is -0.464 e. The van der Waals surface area contributed by atoms with E-state index in [2.05, 4.69) is 0 Å². The highest BCUT2D eigenvalue weighted by molar-refractivity contribution is 5.98. The number of ether oxygens (including phenoxy) is 2. The van der Waals surface area contributed by atoms with Crippen LogP contribution < -0.4 is 5.73 Å². The van der Waals surface area contributed by atoms with Crippen molar-refractivity contribution < 1.29 is 19.1 Å². The van der Waals surface area contributed by atoms with Gasteiger partial charge < -0.3 is 15.2 Å². The summed E-state index contributed by atoms with van der Waals surface area (Å²) in [4.78, 5) is 22.8. The molecule has 0 heterocycles. The number of rotatable bonds is 8. The Morgan fingerprint density at radius 2 is 1.22 bits per heavy atom. The summed E-state index contributed by atoms with van der Waals surface area (Å²) in [6.07, 6.45) is 1.50. The molecule has 0 saturated carbocycles. The van der Waals surface area contributed by atoms with Gasteiger partial charge in [-0.3, -0.25) is 0 Å². The van der Waals surface area contributed by atoms with Crippen LogP contribution in [0.5, 0.6) is 0 Å². The zero-order chi connectivity index (χ0) is 14.1. The summed E-state index contributed by atoms with van der Waals surface area (Å²) < 4.78 is 9.80. The predicted molar refractivity (Wildman–Crippen MR) is 68.8 cm³/mol. The number of carbonyl (C=O) groups is 2. The molecular weight excluding hydrogens is 234 g/mol. The zero-order valence-corrected chi connectivity index (χ0v) is 11.8. The highest BCUT2D eigenvalue weighted by atomic mass is 16.6. The van der Waals surface area contributed by atoms with E-state index in [1.807, 2.05) is 27.7 Å². The average molecular weight is 259 g/mol. The number of carbonyl (C=O) groups excluding carboxylic acids is 2. The van der Waals surface area contributed by atoms with Crippen molar-refractivity contribution >= 4 is 11.9 Å². The lowest BCUT2D eigenvalue weighted by atomic mass is 10.1. The summed E-state index contributed by atoms with van der Waals surface area (Å²) in [6.45, 7) is 8.65. The van der Waals surface area contributed by atoms with Gasteiger partial charge in [0.25, 0.3) is 0 Å². The van der Waals surface area contributed by atoms with E-state index in [-0.39, 0.29) is 13.2 Å². The predicted octanol–water partition coefficient (Wildman–Crippen LogP) is 1.49. The van der Waals surface area contributed by atoms with Crippen molar-refractivity contribution in [1.82, 2.24) is 0 Å².